The number of hydrogen-bond acceptors (Lipinski definition) is 7. The van der Waals surface area contributed by atoms with Gasteiger partial charge in [0.05, 0.1) is 5.69 Å². The molecule has 1 fully saturated rings. The molecule has 0 saturated heterocycles. The second kappa shape index (κ2) is 4.60. The molecule has 3 rings (SSSR count). The summed E-state index contributed by atoms with van der Waals surface area (Å²) in [6.45, 7) is 1.71. The van der Waals surface area contributed by atoms with Gasteiger partial charge in [0.25, 0.3) is 0 Å². The normalized spacial score (nSPS) is 14.9. The number of hydrogen-bond donors (Lipinski definition) is 1. The largest absolute Gasteiger partial charge is 0.477 e. The Kier molecular flexibility index (Phi) is 3.08. The molecule has 2 heterocycles. The van der Waals surface area contributed by atoms with Crippen LogP contribution >= 0.6 is 34.6 Å². The van der Waals surface area contributed by atoms with Crippen molar-refractivity contribution >= 4 is 40.6 Å². The highest BCUT2D eigenvalue weighted by Gasteiger charge is 2.28. The van der Waals surface area contributed by atoms with Crippen molar-refractivity contribution in [1.82, 2.24) is 14.3 Å². The standard InChI is InChI=1S/C10H9N3O2S3/c1-4-6(8(14)15)16-9(11-4)17-10-12-7(13-18-10)5-2-3-5/h5H,2-3H2,1H3,(H,14,15). The lowest BCUT2D eigenvalue weighted by Crippen LogP contribution is -1.94. The van der Waals surface area contributed by atoms with Gasteiger partial charge in [0, 0.05) is 5.92 Å². The molecule has 18 heavy (non-hydrogen) atoms. The van der Waals surface area contributed by atoms with Gasteiger partial charge in [-0.3, -0.25) is 0 Å². The molecule has 1 aliphatic carbocycles. The molecule has 0 radical (unpaired) electrons. The summed E-state index contributed by atoms with van der Waals surface area (Å²) < 4.78 is 5.86. The van der Waals surface area contributed by atoms with Gasteiger partial charge in [-0.25, -0.2) is 14.8 Å². The molecule has 8 heteroatoms. The molecule has 2 aromatic rings. The highest BCUT2D eigenvalue weighted by Crippen LogP contribution is 2.41. The van der Waals surface area contributed by atoms with E-state index in [9.17, 15) is 4.79 Å². The summed E-state index contributed by atoms with van der Waals surface area (Å²) in [4.78, 5) is 19.9. The van der Waals surface area contributed by atoms with E-state index >= 15 is 0 Å². The minimum absolute atomic E-state index is 0.296. The average molecular weight is 299 g/mol. The first-order chi connectivity index (χ1) is 8.63. The number of aromatic carboxylic acids is 1. The van der Waals surface area contributed by atoms with Crippen molar-refractivity contribution in [3.05, 3.63) is 16.4 Å². The Labute approximate surface area is 115 Å². The van der Waals surface area contributed by atoms with Gasteiger partial charge in [-0.1, -0.05) is 11.3 Å². The maximum Gasteiger partial charge on any atom is 0.347 e. The van der Waals surface area contributed by atoms with Gasteiger partial charge in [0.15, 0.2) is 8.68 Å². The Morgan fingerprint density at radius 1 is 1.39 bits per heavy atom. The van der Waals surface area contributed by atoms with Gasteiger partial charge in [-0.2, -0.15) is 4.37 Å². The summed E-state index contributed by atoms with van der Waals surface area (Å²) in [5.74, 6) is 0.547. The van der Waals surface area contributed by atoms with Gasteiger partial charge in [0.1, 0.15) is 10.7 Å². The molecule has 0 aromatic carbocycles. The first-order valence-corrected chi connectivity index (χ1v) is 7.76. The maximum absolute atomic E-state index is 10.9. The minimum Gasteiger partial charge on any atom is -0.477 e. The van der Waals surface area contributed by atoms with E-state index in [0.717, 1.165) is 10.2 Å². The second-order valence-electron chi connectivity index (χ2n) is 3.99. The van der Waals surface area contributed by atoms with Crippen LogP contribution in [-0.2, 0) is 0 Å². The van der Waals surface area contributed by atoms with Crippen LogP contribution in [0.25, 0.3) is 0 Å². The molecule has 5 nitrogen and oxygen atoms in total. The van der Waals surface area contributed by atoms with Crippen molar-refractivity contribution in [3.8, 4) is 0 Å². The van der Waals surface area contributed by atoms with Crippen LogP contribution < -0.4 is 0 Å². The number of carboxylic acid groups (broad SMARTS) is 1. The number of rotatable bonds is 4. The molecule has 0 bridgehead atoms. The zero-order valence-electron chi connectivity index (χ0n) is 9.41. The van der Waals surface area contributed by atoms with Crippen molar-refractivity contribution in [2.24, 2.45) is 0 Å². The Morgan fingerprint density at radius 3 is 2.78 bits per heavy atom. The van der Waals surface area contributed by atoms with Crippen LogP contribution in [-0.4, -0.2) is 25.4 Å². The lowest BCUT2D eigenvalue weighted by molar-refractivity contribution is 0.0701. The van der Waals surface area contributed by atoms with E-state index in [2.05, 4.69) is 14.3 Å². The molecule has 0 amide bonds. The lowest BCUT2D eigenvalue weighted by Gasteiger charge is -1.88. The van der Waals surface area contributed by atoms with E-state index in [1.807, 2.05) is 0 Å². The molecule has 1 N–H and O–H groups in total. The average Bonchev–Trinajstić information content (AvgIpc) is 2.95. The number of thiazole rings is 1. The van der Waals surface area contributed by atoms with Gasteiger partial charge >= 0.3 is 5.97 Å². The van der Waals surface area contributed by atoms with Crippen molar-refractivity contribution < 1.29 is 9.90 Å². The van der Waals surface area contributed by atoms with E-state index in [4.69, 9.17) is 5.11 Å². The lowest BCUT2D eigenvalue weighted by atomic mass is 10.4. The van der Waals surface area contributed by atoms with Crippen molar-refractivity contribution in [2.75, 3.05) is 0 Å². The highest BCUT2D eigenvalue weighted by atomic mass is 32.2. The molecular weight excluding hydrogens is 290 g/mol. The quantitative estimate of drug-likeness (QED) is 0.935. The summed E-state index contributed by atoms with van der Waals surface area (Å²) in [6, 6.07) is 0. The Morgan fingerprint density at radius 2 is 2.17 bits per heavy atom. The molecule has 0 spiro atoms. The predicted molar refractivity (Wildman–Crippen MR) is 69.8 cm³/mol. The van der Waals surface area contributed by atoms with Crippen LogP contribution in [0.3, 0.4) is 0 Å². The van der Waals surface area contributed by atoms with Gasteiger partial charge in [-0.15, -0.1) is 0 Å². The first kappa shape index (κ1) is 12.1. The van der Waals surface area contributed by atoms with E-state index < -0.39 is 5.97 Å². The number of aryl methyl sites for hydroxylation is 1. The van der Waals surface area contributed by atoms with Crippen LogP contribution in [0, 0.1) is 6.92 Å². The SMILES string of the molecule is Cc1nc(Sc2nc(C3CC3)ns2)sc1C(=O)O. The fourth-order valence-electron chi connectivity index (χ4n) is 1.46. The van der Waals surface area contributed by atoms with Crippen LogP contribution in [0.2, 0.25) is 0 Å². The number of aromatic nitrogens is 3. The third kappa shape index (κ3) is 2.40. The summed E-state index contributed by atoms with van der Waals surface area (Å²) in [6.07, 6.45) is 2.36. The van der Waals surface area contributed by atoms with E-state index in [0.29, 0.717) is 20.8 Å². The fraction of sp³-hybridized carbons (Fsp3) is 0.400. The van der Waals surface area contributed by atoms with E-state index in [1.165, 1.54) is 47.5 Å². The first-order valence-electron chi connectivity index (χ1n) is 5.35. The second-order valence-corrected chi connectivity index (χ2v) is 7.24. The monoisotopic (exact) mass is 299 g/mol. The third-order valence-electron chi connectivity index (χ3n) is 2.51. The Bertz CT molecular complexity index is 603. The molecule has 0 aliphatic heterocycles. The van der Waals surface area contributed by atoms with Gasteiger partial charge in [-0.05, 0) is 43.1 Å². The molecule has 0 unspecified atom stereocenters. The third-order valence-corrected chi connectivity index (χ3v) is 5.48. The maximum atomic E-state index is 10.9. The smallest absolute Gasteiger partial charge is 0.347 e. The van der Waals surface area contributed by atoms with E-state index in [-0.39, 0.29) is 0 Å². The molecule has 0 atom stereocenters. The van der Waals surface area contributed by atoms with Gasteiger partial charge in [0.2, 0.25) is 0 Å². The van der Waals surface area contributed by atoms with Crippen LogP contribution in [0.15, 0.2) is 8.68 Å². The number of nitrogens with zero attached hydrogens (tertiary/aromatic N) is 3. The molecule has 1 saturated carbocycles. The summed E-state index contributed by atoms with van der Waals surface area (Å²) in [7, 11) is 0. The van der Waals surface area contributed by atoms with Crippen LogP contribution in [0.4, 0.5) is 0 Å². The predicted octanol–water partition coefficient (Wildman–Crippen LogP) is 3.03. The fourth-order valence-corrected chi connectivity index (χ4v) is 4.37. The van der Waals surface area contributed by atoms with Crippen LogP contribution in [0.5, 0.6) is 0 Å². The molecular formula is C10H9N3O2S3. The Balaban J connectivity index is 1.78. The summed E-state index contributed by atoms with van der Waals surface area (Å²) >= 11 is 3.94. The van der Waals surface area contributed by atoms with Crippen molar-refractivity contribution in [2.45, 2.75) is 34.4 Å². The van der Waals surface area contributed by atoms with E-state index in [1.54, 1.807) is 6.92 Å². The van der Waals surface area contributed by atoms with Crippen molar-refractivity contribution in [1.29, 1.82) is 0 Å². The summed E-state index contributed by atoms with van der Waals surface area (Å²) in [5.41, 5.74) is 0.557. The number of carboxylic acids is 1. The van der Waals surface area contributed by atoms with Gasteiger partial charge < -0.3 is 5.11 Å². The highest BCUT2D eigenvalue weighted by molar-refractivity contribution is 8.02. The zero-order chi connectivity index (χ0) is 12.7. The summed E-state index contributed by atoms with van der Waals surface area (Å²) in [5, 5.41) is 8.97. The minimum atomic E-state index is -0.923. The topological polar surface area (TPSA) is 76.0 Å². The number of carbonyl (C=O) groups is 1. The molecule has 1 aliphatic rings. The zero-order valence-corrected chi connectivity index (χ0v) is 11.9. The molecule has 94 valence electrons. The van der Waals surface area contributed by atoms with Crippen LogP contribution in [0.1, 0.15) is 39.9 Å². The van der Waals surface area contributed by atoms with Crippen molar-refractivity contribution in [3.63, 3.8) is 0 Å². The molecule has 2 aromatic heterocycles. The Hall–Kier alpha value is -0.990.